The molecule has 2 aliphatic rings. The second kappa shape index (κ2) is 4.65. The minimum Gasteiger partial charge on any atom is -0.444 e. The molecule has 1 spiro atoms. The van der Waals surface area contributed by atoms with Crippen molar-refractivity contribution in [3.63, 3.8) is 0 Å². The van der Waals surface area contributed by atoms with Crippen LogP contribution in [0, 0.1) is 5.41 Å². The highest BCUT2D eigenvalue weighted by molar-refractivity contribution is 5.84. The molecular formula is C13H21FN2O3. The summed E-state index contributed by atoms with van der Waals surface area (Å²) in [5.74, 6) is -0.420. The van der Waals surface area contributed by atoms with Crippen LogP contribution >= 0.6 is 0 Å². The summed E-state index contributed by atoms with van der Waals surface area (Å²) >= 11 is 0. The molecule has 2 aliphatic heterocycles. The summed E-state index contributed by atoms with van der Waals surface area (Å²) in [5.41, 5.74) is -1.11. The molecule has 19 heavy (non-hydrogen) atoms. The van der Waals surface area contributed by atoms with Gasteiger partial charge in [-0.3, -0.25) is 4.79 Å². The maximum Gasteiger partial charge on any atom is 0.410 e. The number of piperidine rings is 1. The zero-order chi connectivity index (χ0) is 14.3. The largest absolute Gasteiger partial charge is 0.444 e. The number of rotatable bonds is 0. The fraction of sp³-hybridized carbons (Fsp3) is 0.846. The molecule has 0 aromatic carbocycles. The van der Waals surface area contributed by atoms with Gasteiger partial charge >= 0.3 is 6.09 Å². The molecule has 0 aromatic rings. The van der Waals surface area contributed by atoms with E-state index in [4.69, 9.17) is 4.74 Å². The van der Waals surface area contributed by atoms with Crippen LogP contribution in [0.1, 0.15) is 40.0 Å². The normalized spacial score (nSPS) is 23.1. The predicted octanol–water partition coefficient (Wildman–Crippen LogP) is 2.12. The molecule has 0 radical (unpaired) electrons. The van der Waals surface area contributed by atoms with E-state index in [1.807, 2.05) is 20.8 Å². The van der Waals surface area contributed by atoms with E-state index >= 15 is 0 Å². The molecule has 2 fully saturated rings. The number of halogens is 1. The van der Waals surface area contributed by atoms with Gasteiger partial charge in [0.05, 0.1) is 12.0 Å². The van der Waals surface area contributed by atoms with Crippen molar-refractivity contribution in [1.29, 1.82) is 0 Å². The first-order valence-electron chi connectivity index (χ1n) is 6.69. The standard InChI is InChI=1S/C13H21FN2O3/c1-12(2,3)19-11(18)15-7-4-13(5-8-15)6-9-16(14)10(13)17/h4-9H2,1-3H3. The lowest BCUT2D eigenvalue weighted by Gasteiger charge is -2.37. The maximum atomic E-state index is 13.2. The van der Waals surface area contributed by atoms with Gasteiger partial charge < -0.3 is 9.64 Å². The maximum absolute atomic E-state index is 13.2. The van der Waals surface area contributed by atoms with Gasteiger partial charge in [-0.2, -0.15) is 5.12 Å². The van der Waals surface area contributed by atoms with Crippen LogP contribution in [0.2, 0.25) is 0 Å². The fourth-order valence-electron chi connectivity index (χ4n) is 2.69. The monoisotopic (exact) mass is 272 g/mol. The van der Waals surface area contributed by atoms with Crippen LogP contribution in [-0.4, -0.2) is 47.3 Å². The van der Waals surface area contributed by atoms with E-state index in [0.717, 1.165) is 0 Å². The van der Waals surface area contributed by atoms with Crippen molar-refractivity contribution in [3.8, 4) is 0 Å². The molecule has 0 saturated carbocycles. The molecule has 0 aliphatic carbocycles. The van der Waals surface area contributed by atoms with E-state index in [0.29, 0.717) is 37.5 Å². The summed E-state index contributed by atoms with van der Waals surface area (Å²) in [6, 6.07) is 0. The number of carbonyl (C=O) groups is 2. The summed E-state index contributed by atoms with van der Waals surface area (Å²) in [5, 5.41) is 0.309. The minimum absolute atomic E-state index is 0.172. The number of hydrogen-bond acceptors (Lipinski definition) is 3. The van der Waals surface area contributed by atoms with E-state index in [9.17, 15) is 14.1 Å². The van der Waals surface area contributed by atoms with Gasteiger partial charge in [0.25, 0.3) is 5.91 Å². The average Bonchev–Trinajstić information content (AvgIpc) is 2.57. The van der Waals surface area contributed by atoms with Crippen LogP contribution in [0.15, 0.2) is 0 Å². The Hall–Kier alpha value is -1.33. The summed E-state index contributed by atoms with van der Waals surface area (Å²) in [6.07, 6.45) is 1.23. The summed E-state index contributed by atoms with van der Waals surface area (Å²) in [6.45, 7) is 6.53. The van der Waals surface area contributed by atoms with E-state index < -0.39 is 16.9 Å². The molecule has 0 N–H and O–H groups in total. The van der Waals surface area contributed by atoms with Gasteiger partial charge in [-0.1, -0.05) is 4.48 Å². The quantitative estimate of drug-likeness (QED) is 0.635. The van der Waals surface area contributed by atoms with Crippen LogP contribution in [0.4, 0.5) is 9.28 Å². The molecule has 2 rings (SSSR count). The molecule has 0 bridgehead atoms. The zero-order valence-corrected chi connectivity index (χ0v) is 11.7. The van der Waals surface area contributed by atoms with E-state index in [2.05, 4.69) is 0 Å². The average molecular weight is 272 g/mol. The first kappa shape index (κ1) is 14.1. The fourth-order valence-corrected chi connectivity index (χ4v) is 2.69. The topological polar surface area (TPSA) is 49.9 Å². The van der Waals surface area contributed by atoms with Crippen LogP contribution < -0.4 is 0 Å². The Labute approximate surface area is 112 Å². The number of likely N-dealkylation sites (tertiary alicyclic amines) is 1. The number of ether oxygens (including phenoxy) is 1. The Balaban J connectivity index is 1.93. The molecule has 0 atom stereocenters. The first-order valence-corrected chi connectivity index (χ1v) is 6.69. The molecule has 2 heterocycles. The lowest BCUT2D eigenvalue weighted by molar-refractivity contribution is -0.150. The Morgan fingerprint density at radius 1 is 1.21 bits per heavy atom. The van der Waals surface area contributed by atoms with Gasteiger partial charge in [0.1, 0.15) is 5.60 Å². The van der Waals surface area contributed by atoms with Gasteiger partial charge in [0.15, 0.2) is 0 Å². The number of amides is 2. The summed E-state index contributed by atoms with van der Waals surface area (Å²) in [7, 11) is 0. The Kier molecular flexibility index (Phi) is 3.45. The van der Waals surface area contributed by atoms with Crippen LogP contribution in [-0.2, 0) is 9.53 Å². The van der Waals surface area contributed by atoms with Crippen molar-refractivity contribution in [2.24, 2.45) is 5.41 Å². The van der Waals surface area contributed by atoms with Gasteiger partial charge in [-0.15, -0.1) is 0 Å². The van der Waals surface area contributed by atoms with Crippen molar-refractivity contribution in [1.82, 2.24) is 10.0 Å². The predicted molar refractivity (Wildman–Crippen MR) is 66.9 cm³/mol. The zero-order valence-electron chi connectivity index (χ0n) is 11.7. The SMILES string of the molecule is CC(C)(C)OC(=O)N1CCC2(CCN(F)C2=O)CC1. The molecule has 108 valence electrons. The number of nitrogens with zero attached hydrogens (tertiary/aromatic N) is 2. The lowest BCUT2D eigenvalue weighted by Crippen LogP contribution is -2.47. The Morgan fingerprint density at radius 3 is 2.16 bits per heavy atom. The van der Waals surface area contributed by atoms with Gasteiger partial charge in [0.2, 0.25) is 0 Å². The third-order valence-electron chi connectivity index (χ3n) is 3.83. The summed E-state index contributed by atoms with van der Waals surface area (Å²) in [4.78, 5) is 25.3. The van der Waals surface area contributed by atoms with Crippen molar-refractivity contribution >= 4 is 12.0 Å². The van der Waals surface area contributed by atoms with Crippen LogP contribution in [0.25, 0.3) is 0 Å². The van der Waals surface area contributed by atoms with Crippen LogP contribution in [0.3, 0.4) is 0 Å². The lowest BCUT2D eigenvalue weighted by atomic mass is 9.77. The smallest absolute Gasteiger partial charge is 0.410 e. The molecule has 0 aromatic heterocycles. The first-order chi connectivity index (χ1) is 8.73. The second-order valence-corrected chi connectivity index (χ2v) is 6.39. The van der Waals surface area contributed by atoms with Gasteiger partial charge in [-0.25, -0.2) is 4.79 Å². The van der Waals surface area contributed by atoms with Gasteiger partial charge in [0, 0.05) is 13.1 Å². The van der Waals surface area contributed by atoms with E-state index in [1.54, 1.807) is 4.90 Å². The summed E-state index contributed by atoms with van der Waals surface area (Å²) < 4.78 is 18.5. The van der Waals surface area contributed by atoms with Crippen molar-refractivity contribution in [3.05, 3.63) is 0 Å². The molecular weight excluding hydrogens is 251 g/mol. The third kappa shape index (κ3) is 2.82. The minimum atomic E-state index is -0.590. The molecule has 2 saturated heterocycles. The highest BCUT2D eigenvalue weighted by atomic mass is 19.2. The van der Waals surface area contributed by atoms with E-state index in [-0.39, 0.29) is 12.6 Å². The van der Waals surface area contributed by atoms with Crippen molar-refractivity contribution in [2.45, 2.75) is 45.6 Å². The highest BCUT2D eigenvalue weighted by Crippen LogP contribution is 2.41. The van der Waals surface area contributed by atoms with E-state index in [1.165, 1.54) is 0 Å². The highest BCUT2D eigenvalue weighted by Gasteiger charge is 2.49. The molecule has 0 unspecified atom stereocenters. The molecule has 2 amide bonds. The Morgan fingerprint density at radius 2 is 1.74 bits per heavy atom. The molecule has 6 heteroatoms. The molecule has 5 nitrogen and oxygen atoms in total. The number of carbonyl (C=O) groups excluding carboxylic acids is 2. The van der Waals surface area contributed by atoms with Crippen molar-refractivity contribution < 1.29 is 18.8 Å². The third-order valence-corrected chi connectivity index (χ3v) is 3.83. The van der Waals surface area contributed by atoms with Crippen LogP contribution in [0.5, 0.6) is 0 Å². The van der Waals surface area contributed by atoms with Gasteiger partial charge in [-0.05, 0) is 40.0 Å². The Bertz CT molecular complexity index is 384. The van der Waals surface area contributed by atoms with Crippen molar-refractivity contribution in [2.75, 3.05) is 19.6 Å². The second-order valence-electron chi connectivity index (χ2n) is 6.39. The number of hydrogen-bond donors (Lipinski definition) is 0.